The van der Waals surface area contributed by atoms with E-state index in [2.05, 4.69) is 29.8 Å². The van der Waals surface area contributed by atoms with Gasteiger partial charge in [0.25, 0.3) is 0 Å². The van der Waals surface area contributed by atoms with E-state index in [9.17, 15) is 4.79 Å². The lowest BCUT2D eigenvalue weighted by Gasteiger charge is -2.22. The second kappa shape index (κ2) is 8.08. The van der Waals surface area contributed by atoms with Gasteiger partial charge in [-0.15, -0.1) is 0 Å². The summed E-state index contributed by atoms with van der Waals surface area (Å²) in [6.45, 7) is 9.12. The molecule has 0 aliphatic heterocycles. The Labute approximate surface area is 128 Å². The number of nitrogens with one attached hydrogen (secondary N) is 2. The second-order valence-electron chi connectivity index (χ2n) is 6.43. The lowest BCUT2D eigenvalue weighted by atomic mass is 10.1. The van der Waals surface area contributed by atoms with Crippen molar-refractivity contribution >= 4 is 6.09 Å². The molecular weight excluding hydrogens is 266 g/mol. The van der Waals surface area contributed by atoms with Gasteiger partial charge in [0.1, 0.15) is 5.60 Å². The van der Waals surface area contributed by atoms with E-state index in [0.717, 1.165) is 19.4 Å². The number of carbonyl (C=O) groups excluding carboxylic acids is 1. The third-order valence-corrected chi connectivity index (χ3v) is 3.02. The Kier molecular flexibility index (Phi) is 6.75. The van der Waals surface area contributed by atoms with Crippen LogP contribution in [0.5, 0.6) is 0 Å². The molecule has 1 rings (SSSR count). The third-order valence-electron chi connectivity index (χ3n) is 3.02. The number of amides is 1. The van der Waals surface area contributed by atoms with Gasteiger partial charge >= 0.3 is 6.09 Å². The van der Waals surface area contributed by atoms with Crippen LogP contribution >= 0.6 is 0 Å². The number of hydrogen-bond acceptors (Lipinski definition) is 3. The first-order chi connectivity index (χ1) is 9.80. The summed E-state index contributed by atoms with van der Waals surface area (Å²) in [5.74, 6) is 0. The zero-order chi connectivity index (χ0) is 15.9. The van der Waals surface area contributed by atoms with Crippen molar-refractivity contribution in [1.29, 1.82) is 0 Å². The van der Waals surface area contributed by atoms with Gasteiger partial charge in [-0.2, -0.15) is 0 Å². The molecular formula is C16H29N3O2. The van der Waals surface area contributed by atoms with Crippen molar-refractivity contribution in [2.45, 2.75) is 58.7 Å². The van der Waals surface area contributed by atoms with Crippen LogP contribution in [0.1, 0.15) is 46.1 Å². The van der Waals surface area contributed by atoms with Crippen molar-refractivity contribution in [2.24, 2.45) is 7.05 Å². The fourth-order valence-electron chi connectivity index (χ4n) is 2.07. The van der Waals surface area contributed by atoms with Crippen molar-refractivity contribution in [2.75, 3.05) is 6.54 Å². The number of nitrogens with zero attached hydrogens (tertiary/aromatic N) is 1. The van der Waals surface area contributed by atoms with E-state index in [-0.39, 0.29) is 12.1 Å². The van der Waals surface area contributed by atoms with Gasteiger partial charge in [-0.05, 0) is 38.8 Å². The van der Waals surface area contributed by atoms with Gasteiger partial charge in [0.15, 0.2) is 0 Å². The largest absolute Gasteiger partial charge is 0.444 e. The maximum Gasteiger partial charge on any atom is 0.407 e. The molecule has 1 aromatic rings. The molecule has 1 amide bonds. The molecule has 1 aromatic heterocycles. The molecule has 1 heterocycles. The summed E-state index contributed by atoms with van der Waals surface area (Å²) in [6.07, 6.45) is 5.86. The average Bonchev–Trinajstić information content (AvgIpc) is 2.76. The minimum absolute atomic E-state index is 0.253. The minimum atomic E-state index is -0.457. The minimum Gasteiger partial charge on any atom is -0.444 e. The normalized spacial score (nSPS) is 13.0. The molecule has 0 aliphatic rings. The summed E-state index contributed by atoms with van der Waals surface area (Å²) < 4.78 is 7.28. The molecule has 120 valence electrons. The Balaban J connectivity index is 2.37. The van der Waals surface area contributed by atoms with Crippen LogP contribution in [0.15, 0.2) is 18.5 Å². The maximum absolute atomic E-state index is 11.7. The summed E-state index contributed by atoms with van der Waals surface area (Å²) in [7, 11) is 2.01. The zero-order valence-electron chi connectivity index (χ0n) is 13.9. The van der Waals surface area contributed by atoms with Crippen LogP contribution in [0.2, 0.25) is 0 Å². The van der Waals surface area contributed by atoms with Crippen molar-refractivity contribution in [3.05, 3.63) is 24.0 Å². The van der Waals surface area contributed by atoms with Crippen LogP contribution in [0.4, 0.5) is 4.79 Å². The monoisotopic (exact) mass is 295 g/mol. The number of alkyl carbamates (subject to hydrolysis) is 1. The zero-order valence-corrected chi connectivity index (χ0v) is 13.9. The Morgan fingerprint density at radius 3 is 2.67 bits per heavy atom. The van der Waals surface area contributed by atoms with E-state index in [1.54, 1.807) is 0 Å². The number of rotatable bonds is 7. The van der Waals surface area contributed by atoms with E-state index in [0.29, 0.717) is 6.54 Å². The molecule has 0 aromatic carbocycles. The molecule has 1 unspecified atom stereocenters. The van der Waals surface area contributed by atoms with E-state index < -0.39 is 5.60 Å². The topological polar surface area (TPSA) is 55.3 Å². The molecule has 0 radical (unpaired) electrons. The van der Waals surface area contributed by atoms with Crippen LogP contribution in [0.25, 0.3) is 0 Å². The Morgan fingerprint density at radius 2 is 2.14 bits per heavy atom. The first kappa shape index (κ1) is 17.6. The number of ether oxygens (including phenoxy) is 1. The first-order valence-electron chi connectivity index (χ1n) is 7.61. The third kappa shape index (κ3) is 7.75. The van der Waals surface area contributed by atoms with Gasteiger partial charge in [0, 0.05) is 38.6 Å². The van der Waals surface area contributed by atoms with Gasteiger partial charge in [0.05, 0.1) is 0 Å². The smallest absolute Gasteiger partial charge is 0.407 e. The summed E-state index contributed by atoms with van der Waals surface area (Å²) in [5, 5.41) is 6.32. The summed E-state index contributed by atoms with van der Waals surface area (Å²) in [4.78, 5) is 11.7. The summed E-state index contributed by atoms with van der Waals surface area (Å²) in [5.41, 5.74) is 0.790. The maximum atomic E-state index is 11.7. The van der Waals surface area contributed by atoms with Crippen molar-refractivity contribution in [1.82, 2.24) is 15.2 Å². The predicted molar refractivity (Wildman–Crippen MR) is 85.2 cm³/mol. The van der Waals surface area contributed by atoms with E-state index >= 15 is 0 Å². The van der Waals surface area contributed by atoms with E-state index in [1.807, 2.05) is 38.6 Å². The number of carbonyl (C=O) groups is 1. The molecule has 0 spiro atoms. The Hall–Kier alpha value is -1.49. The number of aryl methyl sites for hydroxylation is 1. The second-order valence-corrected chi connectivity index (χ2v) is 6.43. The van der Waals surface area contributed by atoms with Gasteiger partial charge in [-0.25, -0.2) is 4.79 Å². The molecule has 1 atom stereocenters. The molecule has 2 N–H and O–H groups in total. The van der Waals surface area contributed by atoms with E-state index in [4.69, 9.17) is 4.74 Å². The summed E-state index contributed by atoms with van der Waals surface area (Å²) >= 11 is 0. The van der Waals surface area contributed by atoms with Crippen LogP contribution in [-0.2, 0) is 18.3 Å². The van der Waals surface area contributed by atoms with E-state index in [1.165, 1.54) is 5.56 Å². The average molecular weight is 295 g/mol. The first-order valence-corrected chi connectivity index (χ1v) is 7.61. The van der Waals surface area contributed by atoms with Crippen molar-refractivity contribution < 1.29 is 9.53 Å². The molecule has 0 aliphatic carbocycles. The van der Waals surface area contributed by atoms with Crippen LogP contribution in [0, 0.1) is 0 Å². The molecule has 21 heavy (non-hydrogen) atoms. The number of aromatic nitrogens is 1. The fraction of sp³-hybridized carbons (Fsp3) is 0.688. The van der Waals surface area contributed by atoms with Gasteiger partial charge in [-0.1, -0.05) is 13.3 Å². The van der Waals surface area contributed by atoms with Crippen molar-refractivity contribution in [3.63, 3.8) is 0 Å². The highest BCUT2D eigenvalue weighted by Gasteiger charge is 2.17. The van der Waals surface area contributed by atoms with Gasteiger partial charge < -0.3 is 19.9 Å². The van der Waals surface area contributed by atoms with Gasteiger partial charge in [-0.3, -0.25) is 0 Å². The highest BCUT2D eigenvalue weighted by atomic mass is 16.6. The number of hydrogen-bond donors (Lipinski definition) is 2. The molecule has 5 heteroatoms. The highest BCUT2D eigenvalue weighted by molar-refractivity contribution is 5.67. The molecule has 0 fully saturated rings. The quantitative estimate of drug-likeness (QED) is 0.813. The standard InChI is InChI=1S/C16H29N3O2/c1-6-7-14(11-18-15(20)21-16(2,3)4)17-10-13-8-9-19(5)12-13/h8-9,12,14,17H,6-7,10-11H2,1-5H3,(H,18,20). The molecule has 0 saturated carbocycles. The Bertz CT molecular complexity index is 435. The van der Waals surface area contributed by atoms with Crippen LogP contribution in [0.3, 0.4) is 0 Å². The summed E-state index contributed by atoms with van der Waals surface area (Å²) in [6, 6.07) is 2.35. The fourth-order valence-corrected chi connectivity index (χ4v) is 2.07. The van der Waals surface area contributed by atoms with Gasteiger partial charge in [0.2, 0.25) is 0 Å². The molecule has 0 saturated heterocycles. The predicted octanol–water partition coefficient (Wildman–Crippen LogP) is 2.81. The van der Waals surface area contributed by atoms with Crippen LogP contribution in [-0.4, -0.2) is 28.8 Å². The highest BCUT2D eigenvalue weighted by Crippen LogP contribution is 2.07. The SMILES string of the molecule is CCCC(CNC(=O)OC(C)(C)C)NCc1ccn(C)c1. The Morgan fingerprint density at radius 1 is 1.43 bits per heavy atom. The lowest BCUT2D eigenvalue weighted by Crippen LogP contribution is -2.42. The molecule has 5 nitrogen and oxygen atoms in total. The lowest BCUT2D eigenvalue weighted by molar-refractivity contribution is 0.0521. The molecule has 0 bridgehead atoms. The van der Waals surface area contributed by atoms with Crippen molar-refractivity contribution in [3.8, 4) is 0 Å². The van der Waals surface area contributed by atoms with Crippen LogP contribution < -0.4 is 10.6 Å².